The van der Waals surface area contributed by atoms with Crippen LogP contribution in [0.4, 0.5) is 0 Å². The van der Waals surface area contributed by atoms with Gasteiger partial charge < -0.3 is 0 Å². The minimum Gasteiger partial charge on any atom is -0.299 e. The Labute approximate surface area is 122 Å². The van der Waals surface area contributed by atoms with Crippen molar-refractivity contribution in [3.8, 4) is 0 Å². The van der Waals surface area contributed by atoms with Gasteiger partial charge in [0, 0.05) is 24.6 Å². The molecule has 3 heteroatoms. The van der Waals surface area contributed by atoms with Gasteiger partial charge in [-0.1, -0.05) is 20.8 Å². The lowest BCUT2D eigenvalue weighted by molar-refractivity contribution is -0.126. The minimum absolute atomic E-state index is 0.211. The van der Waals surface area contributed by atoms with Crippen molar-refractivity contribution in [1.82, 2.24) is 9.78 Å². The van der Waals surface area contributed by atoms with Crippen molar-refractivity contribution < 1.29 is 4.79 Å². The maximum absolute atomic E-state index is 12.2. The monoisotopic (exact) mass is 276 g/mol. The Hall–Kier alpha value is -1.12. The summed E-state index contributed by atoms with van der Waals surface area (Å²) in [6.45, 7) is 9.71. The SMILES string of the molecule is CCc1cc(CC2CC(C(C)C)CCC2=O)n(CC)n1. The Balaban J connectivity index is 2.11. The van der Waals surface area contributed by atoms with Crippen LogP contribution in [0.15, 0.2) is 6.07 Å². The van der Waals surface area contributed by atoms with Gasteiger partial charge >= 0.3 is 0 Å². The third kappa shape index (κ3) is 3.31. The molecule has 1 aromatic heterocycles. The minimum atomic E-state index is 0.211. The van der Waals surface area contributed by atoms with Crippen LogP contribution in [0.5, 0.6) is 0 Å². The number of nitrogens with zero attached hydrogens (tertiary/aromatic N) is 2. The highest BCUT2D eigenvalue weighted by Crippen LogP contribution is 2.33. The van der Waals surface area contributed by atoms with Gasteiger partial charge in [-0.2, -0.15) is 5.10 Å². The second-order valence-electron chi connectivity index (χ2n) is 6.44. The molecule has 0 aliphatic heterocycles. The number of aryl methyl sites for hydroxylation is 2. The van der Waals surface area contributed by atoms with Crippen LogP contribution < -0.4 is 0 Å². The zero-order valence-electron chi connectivity index (χ0n) is 13.4. The number of hydrogen-bond donors (Lipinski definition) is 0. The quantitative estimate of drug-likeness (QED) is 0.823. The first-order valence-electron chi connectivity index (χ1n) is 8.13. The third-order valence-corrected chi connectivity index (χ3v) is 4.78. The molecule has 2 atom stereocenters. The Morgan fingerprint density at radius 1 is 1.40 bits per heavy atom. The highest BCUT2D eigenvalue weighted by Gasteiger charge is 2.30. The van der Waals surface area contributed by atoms with E-state index in [1.54, 1.807) is 0 Å². The summed E-state index contributed by atoms with van der Waals surface area (Å²) < 4.78 is 2.07. The predicted octanol–water partition coefficient (Wildman–Crippen LogP) is 3.65. The van der Waals surface area contributed by atoms with Crippen molar-refractivity contribution in [3.63, 3.8) is 0 Å². The fraction of sp³-hybridized carbons (Fsp3) is 0.765. The Morgan fingerprint density at radius 3 is 2.75 bits per heavy atom. The normalized spacial score (nSPS) is 23.6. The van der Waals surface area contributed by atoms with Crippen LogP contribution in [0.3, 0.4) is 0 Å². The van der Waals surface area contributed by atoms with Gasteiger partial charge in [0.05, 0.1) is 5.69 Å². The summed E-state index contributed by atoms with van der Waals surface area (Å²) in [7, 11) is 0. The highest BCUT2D eigenvalue weighted by molar-refractivity contribution is 5.82. The molecular formula is C17H28N2O. The number of aromatic nitrogens is 2. The van der Waals surface area contributed by atoms with E-state index in [-0.39, 0.29) is 5.92 Å². The molecule has 1 aromatic rings. The number of ketones is 1. The molecule has 1 fully saturated rings. The number of rotatable bonds is 5. The zero-order chi connectivity index (χ0) is 14.7. The first kappa shape index (κ1) is 15.3. The van der Waals surface area contributed by atoms with E-state index in [1.807, 2.05) is 0 Å². The molecule has 0 radical (unpaired) electrons. The van der Waals surface area contributed by atoms with E-state index >= 15 is 0 Å². The van der Waals surface area contributed by atoms with E-state index in [9.17, 15) is 4.79 Å². The van der Waals surface area contributed by atoms with E-state index in [4.69, 9.17) is 0 Å². The zero-order valence-corrected chi connectivity index (χ0v) is 13.4. The Kier molecular flexibility index (Phi) is 5.00. The van der Waals surface area contributed by atoms with Gasteiger partial charge in [-0.05, 0) is 50.5 Å². The lowest BCUT2D eigenvalue weighted by Gasteiger charge is -2.30. The van der Waals surface area contributed by atoms with Gasteiger partial charge in [0.2, 0.25) is 0 Å². The van der Waals surface area contributed by atoms with Crippen LogP contribution in [-0.4, -0.2) is 15.6 Å². The summed E-state index contributed by atoms with van der Waals surface area (Å²) in [5.74, 6) is 2.07. The van der Waals surface area contributed by atoms with Crippen LogP contribution in [0.25, 0.3) is 0 Å². The molecule has 3 nitrogen and oxygen atoms in total. The summed E-state index contributed by atoms with van der Waals surface area (Å²) in [4.78, 5) is 12.2. The largest absolute Gasteiger partial charge is 0.299 e. The summed E-state index contributed by atoms with van der Waals surface area (Å²) >= 11 is 0. The maximum atomic E-state index is 12.2. The average Bonchev–Trinajstić information content (AvgIpc) is 2.83. The summed E-state index contributed by atoms with van der Waals surface area (Å²) in [6, 6.07) is 2.19. The lowest BCUT2D eigenvalue weighted by Crippen LogP contribution is -2.29. The first-order valence-corrected chi connectivity index (χ1v) is 8.13. The van der Waals surface area contributed by atoms with E-state index in [0.717, 1.165) is 44.3 Å². The second kappa shape index (κ2) is 6.55. The van der Waals surface area contributed by atoms with Crippen LogP contribution in [0, 0.1) is 17.8 Å². The third-order valence-electron chi connectivity index (χ3n) is 4.78. The van der Waals surface area contributed by atoms with Crippen molar-refractivity contribution in [2.24, 2.45) is 17.8 Å². The van der Waals surface area contributed by atoms with Gasteiger partial charge in [0.15, 0.2) is 0 Å². The summed E-state index contributed by atoms with van der Waals surface area (Å²) in [5.41, 5.74) is 2.39. The maximum Gasteiger partial charge on any atom is 0.136 e. The molecule has 1 aliphatic rings. The molecule has 112 valence electrons. The molecule has 0 bridgehead atoms. The van der Waals surface area contributed by atoms with E-state index in [2.05, 4.69) is 43.5 Å². The molecule has 1 saturated carbocycles. The van der Waals surface area contributed by atoms with Crippen molar-refractivity contribution in [3.05, 3.63) is 17.5 Å². The van der Waals surface area contributed by atoms with Crippen molar-refractivity contribution >= 4 is 5.78 Å². The number of carbonyl (C=O) groups is 1. The van der Waals surface area contributed by atoms with E-state index in [0.29, 0.717) is 17.6 Å². The van der Waals surface area contributed by atoms with Crippen molar-refractivity contribution in [2.45, 2.75) is 66.3 Å². The number of Topliss-reactive ketones (excluding diaryl/α,β-unsaturated/α-hetero) is 1. The van der Waals surface area contributed by atoms with Gasteiger partial charge in [-0.25, -0.2) is 0 Å². The van der Waals surface area contributed by atoms with Gasteiger partial charge in [0.25, 0.3) is 0 Å². The summed E-state index contributed by atoms with van der Waals surface area (Å²) in [6.07, 6.45) is 4.76. The standard InChI is InChI=1S/C17H28N2O/c1-5-15-11-16(19(6-2)18-15)10-14-9-13(12(3)4)7-8-17(14)20/h11-14H,5-10H2,1-4H3. The van der Waals surface area contributed by atoms with Crippen molar-refractivity contribution in [1.29, 1.82) is 0 Å². The van der Waals surface area contributed by atoms with Crippen LogP contribution in [0.1, 0.15) is 58.3 Å². The lowest BCUT2D eigenvalue weighted by atomic mass is 9.74. The number of carbonyl (C=O) groups excluding carboxylic acids is 1. The summed E-state index contributed by atoms with van der Waals surface area (Å²) in [5, 5.41) is 4.60. The molecule has 0 amide bonds. The molecule has 20 heavy (non-hydrogen) atoms. The van der Waals surface area contributed by atoms with Crippen LogP contribution in [0.2, 0.25) is 0 Å². The fourth-order valence-corrected chi connectivity index (χ4v) is 3.33. The fourth-order valence-electron chi connectivity index (χ4n) is 3.33. The molecular weight excluding hydrogens is 248 g/mol. The predicted molar refractivity (Wildman–Crippen MR) is 81.7 cm³/mol. The number of hydrogen-bond acceptors (Lipinski definition) is 2. The van der Waals surface area contributed by atoms with Crippen molar-refractivity contribution in [2.75, 3.05) is 0 Å². The van der Waals surface area contributed by atoms with Crippen LogP contribution in [-0.2, 0) is 24.2 Å². The average molecular weight is 276 g/mol. The first-order chi connectivity index (χ1) is 9.55. The molecule has 0 spiro atoms. The highest BCUT2D eigenvalue weighted by atomic mass is 16.1. The molecule has 0 N–H and O–H groups in total. The van der Waals surface area contributed by atoms with Gasteiger partial charge in [-0.15, -0.1) is 0 Å². The van der Waals surface area contributed by atoms with Gasteiger partial charge in [-0.3, -0.25) is 9.48 Å². The second-order valence-corrected chi connectivity index (χ2v) is 6.44. The van der Waals surface area contributed by atoms with E-state index < -0.39 is 0 Å². The topological polar surface area (TPSA) is 34.9 Å². The Bertz CT molecular complexity index is 462. The molecule has 1 heterocycles. The Morgan fingerprint density at radius 2 is 2.15 bits per heavy atom. The smallest absolute Gasteiger partial charge is 0.136 e. The molecule has 0 saturated heterocycles. The molecule has 2 rings (SSSR count). The molecule has 0 aromatic carbocycles. The van der Waals surface area contributed by atoms with Crippen LogP contribution >= 0.6 is 0 Å². The van der Waals surface area contributed by atoms with Gasteiger partial charge in [0.1, 0.15) is 5.78 Å². The molecule has 2 unspecified atom stereocenters. The van der Waals surface area contributed by atoms with E-state index in [1.165, 1.54) is 5.69 Å². The molecule has 1 aliphatic carbocycles.